The minimum absolute atomic E-state index is 0.0444. The molecule has 0 radical (unpaired) electrons. The molecule has 0 aliphatic rings. The summed E-state index contributed by atoms with van der Waals surface area (Å²) in [6, 6.07) is 12.6. The predicted octanol–water partition coefficient (Wildman–Crippen LogP) is 5.78. The number of nitrogens with zero attached hydrogens (tertiary/aromatic N) is 1. The maximum atomic E-state index is 14.1. The summed E-state index contributed by atoms with van der Waals surface area (Å²) in [5, 5.41) is 0.130. The van der Waals surface area contributed by atoms with Crippen LogP contribution in [0.2, 0.25) is 5.02 Å². The van der Waals surface area contributed by atoms with Crippen molar-refractivity contribution in [2.75, 3.05) is 4.31 Å². The van der Waals surface area contributed by atoms with Crippen LogP contribution in [-0.4, -0.2) is 14.3 Å². The number of halogens is 1. The van der Waals surface area contributed by atoms with Gasteiger partial charge in [0, 0.05) is 0 Å². The maximum Gasteiger partial charge on any atom is 0.396 e. The third-order valence-corrected chi connectivity index (χ3v) is 8.74. The second-order valence-electron chi connectivity index (χ2n) is 7.73. The van der Waals surface area contributed by atoms with Gasteiger partial charge in [0.25, 0.3) is 15.9 Å². The highest BCUT2D eigenvalue weighted by Crippen LogP contribution is 2.35. The van der Waals surface area contributed by atoms with Gasteiger partial charge in [-0.3, -0.25) is 4.79 Å². The predicted molar refractivity (Wildman–Crippen MR) is 131 cm³/mol. The summed E-state index contributed by atoms with van der Waals surface area (Å²) in [7, 11) is -4.37. The highest BCUT2D eigenvalue weighted by molar-refractivity contribution is 7.93. The normalized spacial score (nSPS) is 11.7. The van der Waals surface area contributed by atoms with Gasteiger partial charge in [-0.15, -0.1) is 0 Å². The number of amides is 1. The number of fused-ring (bicyclic) bond motifs is 1. The van der Waals surface area contributed by atoms with Crippen LogP contribution >= 0.6 is 22.9 Å². The van der Waals surface area contributed by atoms with Crippen LogP contribution in [0.3, 0.4) is 0 Å². The first-order valence-corrected chi connectivity index (χ1v) is 12.6. The van der Waals surface area contributed by atoms with Crippen molar-refractivity contribution in [3.8, 4) is 0 Å². The molecule has 1 heterocycles. The lowest BCUT2D eigenvalue weighted by molar-refractivity contribution is 0.101. The Morgan fingerprint density at radius 1 is 0.970 bits per heavy atom. The van der Waals surface area contributed by atoms with E-state index in [1.165, 1.54) is 30.3 Å². The summed E-state index contributed by atoms with van der Waals surface area (Å²) in [5.74, 6) is -0.797. The van der Waals surface area contributed by atoms with Crippen LogP contribution in [0, 0.1) is 27.7 Å². The third kappa shape index (κ3) is 3.99. The number of carbonyl (C=O) groups excluding carboxylic acids is 1. The zero-order chi connectivity index (χ0) is 24.1. The number of carbonyl (C=O) groups is 1. The summed E-state index contributed by atoms with van der Waals surface area (Å²) < 4.78 is 34.5. The van der Waals surface area contributed by atoms with E-state index in [1.54, 1.807) is 26.0 Å². The summed E-state index contributed by atoms with van der Waals surface area (Å²) in [5.41, 5.74) is 3.16. The second-order valence-corrected chi connectivity index (χ2v) is 10.8. The lowest BCUT2D eigenvalue weighted by atomic mass is 10.0. The molecule has 0 bridgehead atoms. The fraction of sp³-hybridized carbons (Fsp3) is 0.167. The van der Waals surface area contributed by atoms with Crippen LogP contribution in [0.25, 0.3) is 10.3 Å². The fourth-order valence-electron chi connectivity index (χ4n) is 3.76. The van der Waals surface area contributed by atoms with Crippen molar-refractivity contribution in [1.82, 2.24) is 0 Å². The van der Waals surface area contributed by atoms with Crippen LogP contribution in [0.1, 0.15) is 32.6 Å². The minimum Gasteiger partial charge on any atom is -0.414 e. The van der Waals surface area contributed by atoms with Gasteiger partial charge in [0.05, 0.1) is 25.9 Å². The van der Waals surface area contributed by atoms with E-state index in [-0.39, 0.29) is 21.2 Å². The number of hydrogen-bond acceptors (Lipinski definition) is 6. The molecule has 1 aromatic heterocycles. The van der Waals surface area contributed by atoms with E-state index in [0.29, 0.717) is 21.4 Å². The summed E-state index contributed by atoms with van der Waals surface area (Å²) in [4.78, 5) is 24.9. The number of sulfonamides is 1. The highest BCUT2D eigenvalue weighted by atomic mass is 35.5. The zero-order valence-electron chi connectivity index (χ0n) is 18.3. The van der Waals surface area contributed by atoms with Gasteiger partial charge in [-0.2, -0.15) is 4.31 Å². The monoisotopic (exact) mass is 501 g/mol. The lowest BCUT2D eigenvalue weighted by Crippen LogP contribution is -2.38. The van der Waals surface area contributed by atoms with Gasteiger partial charge in [-0.25, -0.2) is 13.2 Å². The van der Waals surface area contributed by atoms with Crippen LogP contribution in [-0.2, 0) is 10.0 Å². The Kier molecular flexibility index (Phi) is 5.94. The van der Waals surface area contributed by atoms with Gasteiger partial charge >= 0.3 is 4.94 Å². The summed E-state index contributed by atoms with van der Waals surface area (Å²) >= 11 is 7.09. The van der Waals surface area contributed by atoms with E-state index in [1.807, 2.05) is 19.9 Å². The van der Waals surface area contributed by atoms with Crippen LogP contribution in [0.5, 0.6) is 0 Å². The first-order valence-electron chi connectivity index (χ1n) is 9.97. The van der Waals surface area contributed by atoms with Crippen molar-refractivity contribution < 1.29 is 17.6 Å². The summed E-state index contributed by atoms with van der Waals surface area (Å²) in [6.07, 6.45) is 0. The highest BCUT2D eigenvalue weighted by Gasteiger charge is 2.36. The molecule has 4 rings (SSSR count). The molecule has 0 aliphatic carbocycles. The van der Waals surface area contributed by atoms with Crippen molar-refractivity contribution in [3.05, 3.63) is 91.1 Å². The molecule has 1 amide bonds. The molecule has 0 spiro atoms. The molecule has 6 nitrogen and oxygen atoms in total. The molecule has 0 atom stereocenters. The molecular weight excluding hydrogens is 482 g/mol. The van der Waals surface area contributed by atoms with Crippen LogP contribution in [0.4, 0.5) is 5.69 Å². The van der Waals surface area contributed by atoms with E-state index in [2.05, 4.69) is 0 Å². The van der Waals surface area contributed by atoms with Crippen molar-refractivity contribution >= 4 is 54.8 Å². The van der Waals surface area contributed by atoms with Crippen LogP contribution in [0.15, 0.2) is 62.6 Å². The molecule has 0 aliphatic heterocycles. The van der Waals surface area contributed by atoms with Gasteiger partial charge in [-0.1, -0.05) is 41.1 Å². The topological polar surface area (TPSA) is 84.7 Å². The number of aryl methyl sites for hydroxylation is 2. The van der Waals surface area contributed by atoms with Gasteiger partial charge < -0.3 is 4.42 Å². The SMILES string of the molecule is Cc1cc(C)c(C)c(S(=O)(=O)N(C(=O)c2ccccc2Cl)c2ccc3oc(=O)sc3c2)c1C. The number of rotatable bonds is 4. The van der Waals surface area contributed by atoms with E-state index in [9.17, 15) is 18.0 Å². The smallest absolute Gasteiger partial charge is 0.396 e. The van der Waals surface area contributed by atoms with Crippen molar-refractivity contribution in [2.45, 2.75) is 32.6 Å². The molecule has 33 heavy (non-hydrogen) atoms. The standard InChI is InChI=1S/C24H20ClNO5S2/c1-13-11-14(2)16(4)22(15(13)3)33(29,30)26(23(27)18-7-5-6-8-19(18)25)17-9-10-20-21(12-17)32-24(28)31-20/h5-12H,1-4H3. The van der Waals surface area contributed by atoms with Gasteiger partial charge in [0.2, 0.25) is 0 Å². The average Bonchev–Trinajstić information content (AvgIpc) is 3.12. The third-order valence-electron chi connectivity index (χ3n) is 5.63. The van der Waals surface area contributed by atoms with Crippen molar-refractivity contribution in [3.63, 3.8) is 0 Å². The first kappa shape index (κ1) is 23.2. The van der Waals surface area contributed by atoms with E-state index < -0.39 is 20.9 Å². The molecule has 0 saturated heterocycles. The minimum atomic E-state index is -4.37. The maximum absolute atomic E-state index is 14.1. The number of hydrogen-bond donors (Lipinski definition) is 0. The summed E-state index contributed by atoms with van der Waals surface area (Å²) in [6.45, 7) is 7.10. The Morgan fingerprint density at radius 3 is 2.24 bits per heavy atom. The zero-order valence-corrected chi connectivity index (χ0v) is 20.7. The molecule has 4 aromatic rings. The Hall–Kier alpha value is -2.94. The quantitative estimate of drug-likeness (QED) is 0.354. The Bertz CT molecular complexity index is 1560. The molecule has 3 aromatic carbocycles. The second kappa shape index (κ2) is 8.44. The molecule has 0 unspecified atom stereocenters. The Balaban J connectivity index is 2.03. The first-order chi connectivity index (χ1) is 15.5. The van der Waals surface area contributed by atoms with Crippen molar-refractivity contribution in [2.24, 2.45) is 0 Å². The molecule has 170 valence electrons. The lowest BCUT2D eigenvalue weighted by Gasteiger charge is -2.26. The molecule has 0 N–H and O–H groups in total. The molecule has 0 fully saturated rings. The number of benzene rings is 3. The van der Waals surface area contributed by atoms with Gasteiger partial charge in [0.15, 0.2) is 0 Å². The van der Waals surface area contributed by atoms with E-state index in [4.69, 9.17) is 16.0 Å². The molecular formula is C24H20ClNO5S2. The van der Waals surface area contributed by atoms with Gasteiger partial charge in [0.1, 0.15) is 5.58 Å². The van der Waals surface area contributed by atoms with E-state index in [0.717, 1.165) is 26.8 Å². The van der Waals surface area contributed by atoms with Gasteiger partial charge in [-0.05, 0) is 80.3 Å². The average molecular weight is 502 g/mol. The fourth-order valence-corrected chi connectivity index (χ4v) is 6.66. The Labute approximate surface area is 200 Å². The molecule has 9 heteroatoms. The molecule has 0 saturated carbocycles. The van der Waals surface area contributed by atoms with E-state index >= 15 is 0 Å². The largest absolute Gasteiger partial charge is 0.414 e. The Morgan fingerprint density at radius 2 is 1.61 bits per heavy atom. The van der Waals surface area contributed by atoms with Crippen molar-refractivity contribution in [1.29, 1.82) is 0 Å². The number of anilines is 1. The van der Waals surface area contributed by atoms with Crippen LogP contribution < -0.4 is 9.24 Å².